The van der Waals surface area contributed by atoms with E-state index in [4.69, 9.17) is 4.74 Å². The molecule has 1 fully saturated rings. The van der Waals surface area contributed by atoms with Gasteiger partial charge in [0.1, 0.15) is 5.60 Å². The number of ether oxygens (including phenoxy) is 1. The fourth-order valence-corrected chi connectivity index (χ4v) is 3.44. The first-order valence-electron chi connectivity index (χ1n) is 7.31. The zero-order valence-corrected chi connectivity index (χ0v) is 14.5. The third-order valence-electron chi connectivity index (χ3n) is 4.10. The van der Waals surface area contributed by atoms with Crippen molar-refractivity contribution in [1.82, 2.24) is 4.90 Å². The number of benzene rings is 1. The monoisotopic (exact) mass is 366 g/mol. The molecule has 3 rings (SSSR count). The summed E-state index contributed by atoms with van der Waals surface area (Å²) in [7, 11) is 0. The zero-order chi connectivity index (χ0) is 16.1. The molecule has 118 valence electrons. The maximum absolute atomic E-state index is 12.5. The second-order valence-corrected chi connectivity index (χ2v) is 7.79. The molecule has 1 atom stereocenters. The first-order valence-corrected chi connectivity index (χ1v) is 8.10. The van der Waals surface area contributed by atoms with Crippen LogP contribution in [0.4, 0.5) is 10.5 Å². The molecule has 1 saturated heterocycles. The van der Waals surface area contributed by atoms with E-state index in [9.17, 15) is 9.59 Å². The van der Waals surface area contributed by atoms with Gasteiger partial charge in [-0.05, 0) is 51.0 Å². The molecule has 6 heteroatoms. The summed E-state index contributed by atoms with van der Waals surface area (Å²) >= 11 is 3.45. The normalized spacial score (nSPS) is 23.6. The van der Waals surface area contributed by atoms with E-state index >= 15 is 0 Å². The Labute approximate surface area is 138 Å². The Morgan fingerprint density at radius 2 is 2.14 bits per heavy atom. The summed E-state index contributed by atoms with van der Waals surface area (Å²) in [6.07, 6.45) is 0.252. The lowest BCUT2D eigenvalue weighted by Crippen LogP contribution is -2.41. The molecule has 1 aromatic rings. The number of likely N-dealkylation sites (tertiary alicyclic amines) is 1. The lowest BCUT2D eigenvalue weighted by Gasteiger charge is -2.26. The fraction of sp³-hybridized carbons (Fsp3) is 0.500. The van der Waals surface area contributed by atoms with Crippen molar-refractivity contribution in [3.8, 4) is 0 Å². The first-order chi connectivity index (χ1) is 10.2. The number of fused-ring (bicyclic) bond motifs is 2. The van der Waals surface area contributed by atoms with Crippen molar-refractivity contribution in [2.75, 3.05) is 18.4 Å². The van der Waals surface area contributed by atoms with Gasteiger partial charge in [-0.15, -0.1) is 0 Å². The number of anilines is 1. The number of amides is 2. The molecule has 2 amide bonds. The van der Waals surface area contributed by atoms with Crippen molar-refractivity contribution >= 4 is 33.6 Å². The van der Waals surface area contributed by atoms with E-state index < -0.39 is 11.0 Å². The Balaban J connectivity index is 1.87. The van der Waals surface area contributed by atoms with E-state index in [2.05, 4.69) is 21.2 Å². The van der Waals surface area contributed by atoms with Gasteiger partial charge in [0.15, 0.2) is 0 Å². The summed E-state index contributed by atoms with van der Waals surface area (Å²) in [5.41, 5.74) is 0.596. The molecule has 1 spiro atoms. The van der Waals surface area contributed by atoms with E-state index in [1.165, 1.54) is 0 Å². The van der Waals surface area contributed by atoms with Crippen LogP contribution in [0, 0.1) is 0 Å². The van der Waals surface area contributed by atoms with Gasteiger partial charge in [0, 0.05) is 23.2 Å². The lowest BCUT2D eigenvalue weighted by molar-refractivity contribution is -0.120. The van der Waals surface area contributed by atoms with Crippen LogP contribution >= 0.6 is 15.9 Å². The fourth-order valence-electron chi connectivity index (χ4n) is 3.08. The number of rotatable bonds is 0. The predicted molar refractivity (Wildman–Crippen MR) is 86.9 cm³/mol. The molecule has 0 bridgehead atoms. The van der Waals surface area contributed by atoms with Gasteiger partial charge in [-0.3, -0.25) is 4.79 Å². The molecule has 0 saturated carbocycles. The summed E-state index contributed by atoms with van der Waals surface area (Å²) in [4.78, 5) is 26.4. The molecule has 1 aromatic carbocycles. The van der Waals surface area contributed by atoms with Gasteiger partial charge in [0.25, 0.3) is 0 Å². The first kappa shape index (κ1) is 15.3. The molecular weight excluding hydrogens is 348 g/mol. The Bertz CT molecular complexity index is 653. The summed E-state index contributed by atoms with van der Waals surface area (Å²) in [6.45, 7) is 6.40. The van der Waals surface area contributed by atoms with E-state index in [0.29, 0.717) is 19.5 Å². The topological polar surface area (TPSA) is 58.6 Å². The Morgan fingerprint density at radius 1 is 1.41 bits per heavy atom. The maximum Gasteiger partial charge on any atom is 0.410 e. The quantitative estimate of drug-likeness (QED) is 0.766. The van der Waals surface area contributed by atoms with Crippen LogP contribution < -0.4 is 5.32 Å². The SMILES string of the molecule is CC(C)(C)OC(=O)N1CC[C@@]2(C1)C(=O)Nc1ccc(Br)cc12. The van der Waals surface area contributed by atoms with Crippen molar-refractivity contribution in [1.29, 1.82) is 0 Å². The molecule has 1 N–H and O–H groups in total. The van der Waals surface area contributed by atoms with Crippen LogP contribution in [0.2, 0.25) is 0 Å². The number of hydrogen-bond donors (Lipinski definition) is 1. The van der Waals surface area contributed by atoms with Crippen LogP contribution in [-0.4, -0.2) is 35.6 Å². The third-order valence-corrected chi connectivity index (χ3v) is 4.59. The molecule has 0 aliphatic carbocycles. The molecule has 2 heterocycles. The molecule has 0 aromatic heterocycles. The van der Waals surface area contributed by atoms with Gasteiger partial charge in [0.2, 0.25) is 5.91 Å². The van der Waals surface area contributed by atoms with Crippen LogP contribution in [-0.2, 0) is 14.9 Å². The van der Waals surface area contributed by atoms with Gasteiger partial charge in [0.05, 0.1) is 5.41 Å². The number of carbonyl (C=O) groups excluding carboxylic acids is 2. The smallest absolute Gasteiger partial charge is 0.410 e. The molecule has 22 heavy (non-hydrogen) atoms. The summed E-state index contributed by atoms with van der Waals surface area (Å²) < 4.78 is 6.35. The average Bonchev–Trinajstić information content (AvgIpc) is 2.94. The standard InChI is InChI=1S/C16H19BrN2O3/c1-15(2,3)22-14(21)19-7-6-16(9-19)11-8-10(17)4-5-12(11)18-13(16)20/h4-5,8H,6-7,9H2,1-3H3,(H,18,20)/t16-/m0/s1. The molecule has 5 nitrogen and oxygen atoms in total. The highest BCUT2D eigenvalue weighted by Crippen LogP contribution is 2.45. The number of nitrogens with one attached hydrogen (secondary N) is 1. The third kappa shape index (κ3) is 2.49. The van der Waals surface area contributed by atoms with Crippen molar-refractivity contribution < 1.29 is 14.3 Å². The van der Waals surface area contributed by atoms with E-state index in [0.717, 1.165) is 15.7 Å². The highest BCUT2D eigenvalue weighted by Gasteiger charge is 2.52. The van der Waals surface area contributed by atoms with Crippen LogP contribution in [0.15, 0.2) is 22.7 Å². The van der Waals surface area contributed by atoms with E-state index in [1.54, 1.807) is 4.90 Å². The molecule has 0 unspecified atom stereocenters. The number of nitrogens with zero attached hydrogens (tertiary/aromatic N) is 1. The summed E-state index contributed by atoms with van der Waals surface area (Å²) in [5.74, 6) is -0.0355. The summed E-state index contributed by atoms with van der Waals surface area (Å²) in [6, 6.07) is 5.76. The van der Waals surface area contributed by atoms with Crippen LogP contribution in [0.5, 0.6) is 0 Å². The highest BCUT2D eigenvalue weighted by atomic mass is 79.9. The van der Waals surface area contributed by atoms with Crippen molar-refractivity contribution in [2.24, 2.45) is 0 Å². The largest absolute Gasteiger partial charge is 0.444 e. The minimum Gasteiger partial charge on any atom is -0.444 e. The molecule has 0 radical (unpaired) electrons. The Morgan fingerprint density at radius 3 is 2.82 bits per heavy atom. The molecule has 2 aliphatic rings. The highest BCUT2D eigenvalue weighted by molar-refractivity contribution is 9.10. The minimum absolute atomic E-state index is 0.0355. The van der Waals surface area contributed by atoms with E-state index in [-0.39, 0.29) is 12.0 Å². The van der Waals surface area contributed by atoms with Gasteiger partial charge >= 0.3 is 6.09 Å². The Hall–Kier alpha value is -1.56. The van der Waals surface area contributed by atoms with Crippen molar-refractivity contribution in [3.05, 3.63) is 28.2 Å². The van der Waals surface area contributed by atoms with Crippen molar-refractivity contribution in [2.45, 2.75) is 38.2 Å². The number of hydrogen-bond acceptors (Lipinski definition) is 3. The average molecular weight is 367 g/mol. The lowest BCUT2D eigenvalue weighted by atomic mass is 9.81. The second-order valence-electron chi connectivity index (χ2n) is 6.88. The van der Waals surface area contributed by atoms with Gasteiger partial charge in [-0.1, -0.05) is 15.9 Å². The van der Waals surface area contributed by atoms with Gasteiger partial charge < -0.3 is 15.0 Å². The van der Waals surface area contributed by atoms with Crippen LogP contribution in [0.25, 0.3) is 0 Å². The van der Waals surface area contributed by atoms with Crippen LogP contribution in [0.3, 0.4) is 0 Å². The molecule has 2 aliphatic heterocycles. The van der Waals surface area contributed by atoms with Crippen LogP contribution in [0.1, 0.15) is 32.8 Å². The van der Waals surface area contributed by atoms with Crippen molar-refractivity contribution in [3.63, 3.8) is 0 Å². The summed E-state index contributed by atoms with van der Waals surface area (Å²) in [5, 5.41) is 2.93. The van der Waals surface area contributed by atoms with Gasteiger partial charge in [-0.25, -0.2) is 4.79 Å². The number of carbonyl (C=O) groups is 2. The molecular formula is C16H19BrN2O3. The minimum atomic E-state index is -0.657. The number of halogens is 1. The van der Waals surface area contributed by atoms with Gasteiger partial charge in [-0.2, -0.15) is 0 Å². The second kappa shape index (κ2) is 4.98. The van der Waals surface area contributed by atoms with E-state index in [1.807, 2.05) is 39.0 Å². The predicted octanol–water partition coefficient (Wildman–Crippen LogP) is 3.28. The Kier molecular flexibility index (Phi) is 3.47. The maximum atomic E-state index is 12.5. The zero-order valence-electron chi connectivity index (χ0n) is 12.9.